The third-order valence-electron chi connectivity index (χ3n) is 2.71. The summed E-state index contributed by atoms with van der Waals surface area (Å²) in [5.41, 5.74) is 1.26. The Hall–Kier alpha value is -1.86. The number of aliphatic hydroxyl groups excluding tert-OH is 1. The Kier molecular flexibility index (Phi) is 6.75. The van der Waals surface area contributed by atoms with Gasteiger partial charge in [0.25, 0.3) is 5.91 Å². The van der Waals surface area contributed by atoms with E-state index in [2.05, 4.69) is 30.7 Å². The first-order valence-corrected chi connectivity index (χ1v) is 6.92. The second kappa shape index (κ2) is 8.34. The topological polar surface area (TPSA) is 53.4 Å². The van der Waals surface area contributed by atoms with Crippen molar-refractivity contribution in [3.8, 4) is 11.8 Å². The lowest BCUT2D eigenvalue weighted by Gasteiger charge is -2.22. The molecule has 0 unspecified atom stereocenters. The van der Waals surface area contributed by atoms with Crippen LogP contribution < -0.4 is 0 Å². The van der Waals surface area contributed by atoms with Gasteiger partial charge in [-0.15, -0.1) is 0 Å². The number of aliphatic hydroxyl groups is 1. The summed E-state index contributed by atoms with van der Waals surface area (Å²) >= 11 is 0. The lowest BCUT2D eigenvalue weighted by atomic mass is 10.1. The molecule has 1 N–H and O–H groups in total. The van der Waals surface area contributed by atoms with Crippen molar-refractivity contribution in [1.29, 1.82) is 0 Å². The van der Waals surface area contributed by atoms with E-state index in [4.69, 9.17) is 5.11 Å². The van der Waals surface area contributed by atoms with Gasteiger partial charge in [-0.3, -0.25) is 9.78 Å². The zero-order chi connectivity index (χ0) is 15.0. The SMILES string of the molecule is CCN(CC(C)C)C(=O)c1cncc(C#CCCO)c1. The summed E-state index contributed by atoms with van der Waals surface area (Å²) in [5.74, 6) is 6.14. The molecule has 0 saturated carbocycles. The van der Waals surface area contributed by atoms with Crippen LogP contribution in [0.25, 0.3) is 0 Å². The van der Waals surface area contributed by atoms with Gasteiger partial charge in [-0.25, -0.2) is 0 Å². The Labute approximate surface area is 120 Å². The van der Waals surface area contributed by atoms with Crippen LogP contribution in [0.5, 0.6) is 0 Å². The van der Waals surface area contributed by atoms with Gasteiger partial charge in [0, 0.05) is 37.5 Å². The predicted octanol–water partition coefficient (Wildman–Crippen LogP) is 1.93. The zero-order valence-electron chi connectivity index (χ0n) is 12.4. The molecular weight excluding hydrogens is 252 g/mol. The van der Waals surface area contributed by atoms with E-state index in [1.807, 2.05) is 11.8 Å². The van der Waals surface area contributed by atoms with E-state index in [0.29, 0.717) is 30.0 Å². The molecule has 0 spiro atoms. The second-order valence-electron chi connectivity index (χ2n) is 4.98. The normalized spacial score (nSPS) is 10.1. The predicted molar refractivity (Wildman–Crippen MR) is 79.2 cm³/mol. The summed E-state index contributed by atoms with van der Waals surface area (Å²) in [6.45, 7) is 7.60. The number of hydrogen-bond acceptors (Lipinski definition) is 3. The van der Waals surface area contributed by atoms with E-state index < -0.39 is 0 Å². The Morgan fingerprint density at radius 3 is 2.80 bits per heavy atom. The Bertz CT molecular complexity index is 501. The number of aromatic nitrogens is 1. The highest BCUT2D eigenvalue weighted by atomic mass is 16.2. The van der Waals surface area contributed by atoms with Gasteiger partial charge in [0.2, 0.25) is 0 Å². The molecule has 1 heterocycles. The van der Waals surface area contributed by atoms with Crippen LogP contribution in [0.2, 0.25) is 0 Å². The van der Waals surface area contributed by atoms with Gasteiger partial charge in [-0.2, -0.15) is 0 Å². The highest BCUT2D eigenvalue weighted by Gasteiger charge is 2.15. The Balaban J connectivity index is 2.88. The van der Waals surface area contributed by atoms with Gasteiger partial charge in [0.1, 0.15) is 0 Å². The minimum Gasteiger partial charge on any atom is -0.395 e. The molecule has 0 aliphatic rings. The molecule has 0 aliphatic heterocycles. The maximum Gasteiger partial charge on any atom is 0.255 e. The number of hydrogen-bond donors (Lipinski definition) is 1. The monoisotopic (exact) mass is 274 g/mol. The van der Waals surface area contributed by atoms with Crippen molar-refractivity contribution in [2.75, 3.05) is 19.7 Å². The third kappa shape index (κ3) is 5.02. The van der Waals surface area contributed by atoms with E-state index in [-0.39, 0.29) is 12.5 Å². The second-order valence-corrected chi connectivity index (χ2v) is 4.98. The molecule has 1 rings (SSSR count). The number of carbonyl (C=O) groups excluding carboxylic acids is 1. The molecule has 20 heavy (non-hydrogen) atoms. The van der Waals surface area contributed by atoms with E-state index in [1.165, 1.54) is 0 Å². The van der Waals surface area contributed by atoms with E-state index in [9.17, 15) is 4.79 Å². The zero-order valence-corrected chi connectivity index (χ0v) is 12.4. The van der Waals surface area contributed by atoms with Crippen LogP contribution >= 0.6 is 0 Å². The molecular formula is C16H22N2O2. The molecule has 108 valence electrons. The number of nitrogens with zero attached hydrogens (tertiary/aromatic N) is 2. The van der Waals surface area contributed by atoms with Gasteiger partial charge in [0.05, 0.1) is 12.2 Å². The van der Waals surface area contributed by atoms with Gasteiger partial charge in [-0.05, 0) is 18.9 Å². The minimum absolute atomic E-state index is 0.0143. The summed E-state index contributed by atoms with van der Waals surface area (Å²) in [5, 5.41) is 8.70. The first-order chi connectivity index (χ1) is 9.58. The highest BCUT2D eigenvalue weighted by Crippen LogP contribution is 2.08. The molecule has 0 saturated heterocycles. The van der Waals surface area contributed by atoms with Crippen molar-refractivity contribution in [2.45, 2.75) is 27.2 Å². The van der Waals surface area contributed by atoms with Crippen molar-refractivity contribution in [3.63, 3.8) is 0 Å². The van der Waals surface area contributed by atoms with Crippen LogP contribution in [0.1, 0.15) is 43.1 Å². The van der Waals surface area contributed by atoms with Crippen molar-refractivity contribution >= 4 is 5.91 Å². The van der Waals surface area contributed by atoms with Gasteiger partial charge in [-0.1, -0.05) is 25.7 Å². The minimum atomic E-state index is -0.0143. The lowest BCUT2D eigenvalue weighted by molar-refractivity contribution is 0.0745. The largest absolute Gasteiger partial charge is 0.395 e. The van der Waals surface area contributed by atoms with Crippen molar-refractivity contribution in [2.24, 2.45) is 5.92 Å². The molecule has 1 aromatic rings. The van der Waals surface area contributed by atoms with Crippen LogP contribution in [0, 0.1) is 17.8 Å². The average molecular weight is 274 g/mol. The molecule has 0 aliphatic carbocycles. The molecule has 0 fully saturated rings. The average Bonchev–Trinajstić information content (AvgIpc) is 2.44. The maximum atomic E-state index is 12.4. The summed E-state index contributed by atoms with van der Waals surface area (Å²) < 4.78 is 0. The molecule has 0 radical (unpaired) electrons. The van der Waals surface area contributed by atoms with Crippen LogP contribution in [-0.2, 0) is 0 Å². The van der Waals surface area contributed by atoms with Gasteiger partial charge >= 0.3 is 0 Å². The summed E-state index contributed by atoms with van der Waals surface area (Å²) in [6, 6.07) is 1.75. The molecule has 1 aromatic heterocycles. The van der Waals surface area contributed by atoms with Crippen molar-refractivity contribution < 1.29 is 9.90 Å². The molecule has 4 heteroatoms. The maximum absolute atomic E-state index is 12.4. The van der Waals surface area contributed by atoms with Crippen molar-refractivity contribution in [1.82, 2.24) is 9.88 Å². The van der Waals surface area contributed by atoms with E-state index in [1.54, 1.807) is 18.5 Å². The quantitative estimate of drug-likeness (QED) is 0.835. The molecule has 0 bridgehead atoms. The van der Waals surface area contributed by atoms with E-state index >= 15 is 0 Å². The summed E-state index contributed by atoms with van der Waals surface area (Å²) in [6.07, 6.45) is 3.62. The summed E-state index contributed by atoms with van der Waals surface area (Å²) in [4.78, 5) is 18.3. The molecule has 0 atom stereocenters. The summed E-state index contributed by atoms with van der Waals surface area (Å²) in [7, 11) is 0. The Morgan fingerprint density at radius 2 is 2.20 bits per heavy atom. The van der Waals surface area contributed by atoms with Crippen molar-refractivity contribution in [3.05, 3.63) is 29.6 Å². The Morgan fingerprint density at radius 1 is 1.45 bits per heavy atom. The van der Waals surface area contributed by atoms with Gasteiger partial charge < -0.3 is 10.0 Å². The number of carbonyl (C=O) groups is 1. The smallest absolute Gasteiger partial charge is 0.255 e. The van der Waals surface area contributed by atoms with Crippen LogP contribution in [-0.4, -0.2) is 40.6 Å². The molecule has 4 nitrogen and oxygen atoms in total. The van der Waals surface area contributed by atoms with Gasteiger partial charge in [0.15, 0.2) is 0 Å². The van der Waals surface area contributed by atoms with Crippen LogP contribution in [0.3, 0.4) is 0 Å². The van der Waals surface area contributed by atoms with E-state index in [0.717, 1.165) is 6.54 Å². The standard InChI is InChI=1S/C16H22N2O2/c1-4-18(12-13(2)3)16(20)15-9-14(10-17-11-15)7-5-6-8-19/h9-11,13,19H,4,6,8,12H2,1-3H3. The molecule has 1 amide bonds. The van der Waals surface area contributed by atoms with Crippen LogP contribution in [0.4, 0.5) is 0 Å². The number of amides is 1. The fourth-order valence-electron chi connectivity index (χ4n) is 1.82. The lowest BCUT2D eigenvalue weighted by Crippen LogP contribution is -2.34. The number of rotatable bonds is 5. The first-order valence-electron chi connectivity index (χ1n) is 6.92. The molecule has 0 aromatic carbocycles. The van der Waals surface area contributed by atoms with Crippen LogP contribution in [0.15, 0.2) is 18.5 Å². The number of pyridine rings is 1. The fraction of sp³-hybridized carbons (Fsp3) is 0.500. The highest BCUT2D eigenvalue weighted by molar-refractivity contribution is 5.94. The third-order valence-corrected chi connectivity index (χ3v) is 2.71. The first kappa shape index (κ1) is 16.2. The fourth-order valence-corrected chi connectivity index (χ4v) is 1.82.